The highest BCUT2D eigenvalue weighted by atomic mass is 15.1. The van der Waals surface area contributed by atoms with Crippen LogP contribution in [0.3, 0.4) is 0 Å². The first-order valence-corrected chi connectivity index (χ1v) is 14.0. The molecule has 0 radical (unpaired) electrons. The fourth-order valence-electron chi connectivity index (χ4n) is 6.51. The van der Waals surface area contributed by atoms with Crippen molar-refractivity contribution in [1.29, 1.82) is 0 Å². The number of fused-ring (bicyclic) bond motifs is 6. The third kappa shape index (κ3) is 3.60. The van der Waals surface area contributed by atoms with Crippen LogP contribution in [0.1, 0.15) is 27.8 Å². The molecule has 0 spiro atoms. The van der Waals surface area contributed by atoms with E-state index >= 15 is 0 Å². The third-order valence-electron chi connectivity index (χ3n) is 8.36. The largest absolute Gasteiger partial charge is 0.291 e. The number of hydrogen-bond acceptors (Lipinski definition) is 1. The van der Waals surface area contributed by atoms with E-state index in [4.69, 9.17) is 4.98 Å². The number of rotatable bonds is 3. The van der Waals surface area contributed by atoms with Gasteiger partial charge in [-0.05, 0) is 84.8 Å². The van der Waals surface area contributed by atoms with Crippen LogP contribution in [0.25, 0.3) is 60.8 Å². The van der Waals surface area contributed by atoms with Crippen molar-refractivity contribution in [3.63, 3.8) is 0 Å². The van der Waals surface area contributed by atoms with Crippen molar-refractivity contribution in [2.45, 2.75) is 34.6 Å². The second-order valence-electron chi connectivity index (χ2n) is 11.1. The number of hydrogen-bond donors (Lipinski definition) is 0. The molecule has 0 saturated heterocycles. The van der Waals surface area contributed by atoms with Crippen molar-refractivity contribution < 1.29 is 0 Å². The van der Waals surface area contributed by atoms with E-state index in [1.165, 1.54) is 71.7 Å². The van der Waals surface area contributed by atoms with Crippen molar-refractivity contribution in [2.75, 3.05) is 0 Å². The average Bonchev–Trinajstić information content (AvgIpc) is 3.33. The van der Waals surface area contributed by atoms with Gasteiger partial charge in [0.1, 0.15) is 5.82 Å². The summed E-state index contributed by atoms with van der Waals surface area (Å²) < 4.78 is 2.41. The maximum absolute atomic E-state index is 5.52. The maximum Gasteiger partial charge on any atom is 0.146 e. The highest BCUT2D eigenvalue weighted by Crippen LogP contribution is 2.44. The maximum atomic E-state index is 5.52. The lowest BCUT2D eigenvalue weighted by atomic mass is 9.89. The van der Waals surface area contributed by atoms with Crippen LogP contribution in [0.5, 0.6) is 0 Å². The van der Waals surface area contributed by atoms with Crippen molar-refractivity contribution in [2.24, 2.45) is 0 Å². The molecule has 194 valence electrons. The van der Waals surface area contributed by atoms with Crippen LogP contribution in [0.2, 0.25) is 0 Å². The van der Waals surface area contributed by atoms with E-state index < -0.39 is 0 Å². The Bertz CT molecular complexity index is 2110. The van der Waals surface area contributed by atoms with Gasteiger partial charge in [0.15, 0.2) is 0 Å². The van der Waals surface area contributed by atoms with Gasteiger partial charge < -0.3 is 0 Å². The minimum Gasteiger partial charge on any atom is -0.291 e. The fraction of sp³-hybridized carbons (Fsp3) is 0.132. The molecular weight excluding hydrogens is 484 g/mol. The molecule has 0 aliphatic heterocycles. The van der Waals surface area contributed by atoms with E-state index in [0.717, 1.165) is 16.9 Å². The summed E-state index contributed by atoms with van der Waals surface area (Å²) in [6, 6.07) is 37.4. The van der Waals surface area contributed by atoms with Gasteiger partial charge in [0.25, 0.3) is 0 Å². The number of imidazole rings is 1. The molecule has 2 heteroatoms. The zero-order chi connectivity index (χ0) is 27.5. The standard InChI is InChI=1S/C38H32N2/c1-23-21-27(5)34-32(22-23)35-30(28-16-9-6-13-24(28)2)18-12-19-31(35)36-37(34)40(33-20-11-8-15-26(33)4)38(39-36)29-17-10-7-14-25(29)3/h6-22H,1-5H3. The third-order valence-corrected chi connectivity index (χ3v) is 8.36. The Morgan fingerprint density at radius 2 is 1.12 bits per heavy atom. The van der Waals surface area contributed by atoms with Crippen LogP contribution in [-0.2, 0) is 0 Å². The first-order valence-electron chi connectivity index (χ1n) is 14.0. The second kappa shape index (κ2) is 9.20. The molecule has 0 aliphatic carbocycles. The molecule has 0 fully saturated rings. The van der Waals surface area contributed by atoms with Crippen LogP contribution in [0.15, 0.2) is 103 Å². The molecule has 1 aromatic heterocycles. The SMILES string of the molecule is Cc1cc(C)c2c(c1)c1c(-c3ccccc3C)cccc1c1nc(-c3ccccc3C)n(-c3ccccc3C)c12. The molecule has 7 rings (SSSR count). The molecule has 0 saturated carbocycles. The van der Waals surface area contributed by atoms with E-state index in [9.17, 15) is 0 Å². The van der Waals surface area contributed by atoms with Gasteiger partial charge in [-0.2, -0.15) is 0 Å². The van der Waals surface area contributed by atoms with Crippen LogP contribution >= 0.6 is 0 Å². The number of aromatic nitrogens is 2. The normalized spacial score (nSPS) is 11.6. The summed E-state index contributed by atoms with van der Waals surface area (Å²) in [5.74, 6) is 0.984. The summed E-state index contributed by atoms with van der Waals surface area (Å²) in [4.78, 5) is 5.52. The number of nitrogens with zero attached hydrogens (tertiary/aromatic N) is 2. The molecule has 0 bridgehead atoms. The summed E-state index contributed by atoms with van der Waals surface area (Å²) in [7, 11) is 0. The molecule has 1 heterocycles. The Morgan fingerprint density at radius 3 is 1.82 bits per heavy atom. The zero-order valence-corrected chi connectivity index (χ0v) is 23.7. The van der Waals surface area contributed by atoms with Crippen molar-refractivity contribution in [1.82, 2.24) is 9.55 Å². The Hall–Kier alpha value is -4.69. The van der Waals surface area contributed by atoms with Crippen LogP contribution in [-0.4, -0.2) is 9.55 Å². The van der Waals surface area contributed by atoms with Gasteiger partial charge in [0.05, 0.1) is 16.7 Å². The number of aryl methyl sites for hydroxylation is 5. The molecule has 0 atom stereocenters. The molecule has 2 nitrogen and oxygen atoms in total. The Morgan fingerprint density at radius 1 is 0.500 bits per heavy atom. The molecular formula is C38H32N2. The summed E-state index contributed by atoms with van der Waals surface area (Å²) >= 11 is 0. The predicted molar refractivity (Wildman–Crippen MR) is 171 cm³/mol. The highest BCUT2D eigenvalue weighted by Gasteiger charge is 2.24. The quantitative estimate of drug-likeness (QED) is 0.214. The summed E-state index contributed by atoms with van der Waals surface area (Å²) in [6.45, 7) is 11.0. The zero-order valence-electron chi connectivity index (χ0n) is 23.7. The molecule has 6 aromatic carbocycles. The minimum absolute atomic E-state index is 0.984. The predicted octanol–water partition coefficient (Wildman–Crippen LogP) is 10.2. The molecule has 0 amide bonds. The summed E-state index contributed by atoms with van der Waals surface area (Å²) in [6.07, 6.45) is 0. The van der Waals surface area contributed by atoms with Gasteiger partial charge in [-0.25, -0.2) is 4.98 Å². The number of benzene rings is 6. The van der Waals surface area contributed by atoms with Gasteiger partial charge in [-0.1, -0.05) is 103 Å². The van der Waals surface area contributed by atoms with Crippen LogP contribution < -0.4 is 0 Å². The second-order valence-corrected chi connectivity index (χ2v) is 11.1. The first kappa shape index (κ1) is 24.4. The van der Waals surface area contributed by atoms with Gasteiger partial charge in [-0.3, -0.25) is 4.57 Å². The first-order chi connectivity index (χ1) is 19.4. The number of para-hydroxylation sites is 1. The molecule has 0 aliphatic rings. The van der Waals surface area contributed by atoms with Gasteiger partial charge in [0, 0.05) is 16.3 Å². The smallest absolute Gasteiger partial charge is 0.146 e. The van der Waals surface area contributed by atoms with E-state index in [-0.39, 0.29) is 0 Å². The molecule has 0 N–H and O–H groups in total. The molecule has 40 heavy (non-hydrogen) atoms. The topological polar surface area (TPSA) is 17.8 Å². The van der Waals surface area contributed by atoms with E-state index in [2.05, 4.69) is 142 Å². The van der Waals surface area contributed by atoms with Gasteiger partial charge in [-0.15, -0.1) is 0 Å². The van der Waals surface area contributed by atoms with Crippen LogP contribution in [0.4, 0.5) is 0 Å². The van der Waals surface area contributed by atoms with Gasteiger partial charge >= 0.3 is 0 Å². The average molecular weight is 517 g/mol. The summed E-state index contributed by atoms with van der Waals surface area (Å²) in [5.41, 5.74) is 13.3. The van der Waals surface area contributed by atoms with Crippen LogP contribution in [0, 0.1) is 34.6 Å². The Kier molecular flexibility index (Phi) is 5.61. The van der Waals surface area contributed by atoms with E-state index in [1.54, 1.807) is 0 Å². The van der Waals surface area contributed by atoms with Gasteiger partial charge in [0.2, 0.25) is 0 Å². The van der Waals surface area contributed by atoms with E-state index in [1.807, 2.05) is 0 Å². The Labute approximate surface area is 235 Å². The lowest BCUT2D eigenvalue weighted by Gasteiger charge is -2.18. The fourth-order valence-corrected chi connectivity index (χ4v) is 6.51. The Balaban J connectivity index is 1.78. The van der Waals surface area contributed by atoms with Crippen molar-refractivity contribution in [3.05, 3.63) is 131 Å². The van der Waals surface area contributed by atoms with E-state index in [0.29, 0.717) is 0 Å². The monoisotopic (exact) mass is 516 g/mol. The lowest BCUT2D eigenvalue weighted by molar-refractivity contribution is 1.08. The highest BCUT2D eigenvalue weighted by molar-refractivity contribution is 6.28. The van der Waals surface area contributed by atoms with Crippen molar-refractivity contribution >= 4 is 32.6 Å². The lowest BCUT2D eigenvalue weighted by Crippen LogP contribution is -2.02. The molecule has 0 unspecified atom stereocenters. The molecule has 7 aromatic rings. The minimum atomic E-state index is 0.984. The summed E-state index contributed by atoms with van der Waals surface area (Å²) in [5, 5.41) is 5.02. The van der Waals surface area contributed by atoms with Crippen molar-refractivity contribution in [3.8, 4) is 28.2 Å².